The molecule has 0 bridgehead atoms. The Kier molecular flexibility index (Phi) is 4.74. The number of amides is 3. The molecule has 0 aromatic heterocycles. The van der Waals surface area contributed by atoms with Crippen LogP contribution in [0.25, 0.3) is 0 Å². The molecule has 1 heterocycles. The highest BCUT2D eigenvalue weighted by Crippen LogP contribution is 2.24. The fourth-order valence-electron chi connectivity index (χ4n) is 2.61. The van der Waals surface area contributed by atoms with Crippen molar-refractivity contribution in [3.8, 4) is 0 Å². The van der Waals surface area contributed by atoms with E-state index in [0.717, 1.165) is 12.5 Å². The second-order valence-electron chi connectivity index (χ2n) is 5.62. The van der Waals surface area contributed by atoms with Crippen LogP contribution in [-0.4, -0.2) is 24.3 Å². The summed E-state index contributed by atoms with van der Waals surface area (Å²) in [5.74, 6) is -2.27. The zero-order valence-electron chi connectivity index (χ0n) is 13.3. The minimum atomic E-state index is -0.909. The number of carbonyl (C=O) groups is 3. The standard InChI is InChI=1S/C18H16FN3O3/c19-12-4-1-5-13(10-12)20-17(24)18(25)21-14-6-2-7-15(11-14)22-9-3-8-16(22)23/h1-2,4-7,10-11H,3,8-9H2,(H,20,24)(H,21,25). The molecule has 1 fully saturated rings. The van der Waals surface area contributed by atoms with Gasteiger partial charge in [-0.2, -0.15) is 0 Å². The number of anilines is 3. The number of hydrogen-bond acceptors (Lipinski definition) is 3. The van der Waals surface area contributed by atoms with Crippen molar-refractivity contribution in [1.29, 1.82) is 0 Å². The normalized spacial score (nSPS) is 13.6. The van der Waals surface area contributed by atoms with Gasteiger partial charge in [-0.05, 0) is 42.8 Å². The summed E-state index contributed by atoms with van der Waals surface area (Å²) in [6, 6.07) is 12.0. The third-order valence-electron chi connectivity index (χ3n) is 3.78. The zero-order chi connectivity index (χ0) is 17.8. The fourth-order valence-corrected chi connectivity index (χ4v) is 2.61. The van der Waals surface area contributed by atoms with Crippen molar-refractivity contribution in [2.75, 3.05) is 22.1 Å². The van der Waals surface area contributed by atoms with Gasteiger partial charge in [-0.3, -0.25) is 14.4 Å². The van der Waals surface area contributed by atoms with E-state index < -0.39 is 17.6 Å². The summed E-state index contributed by atoms with van der Waals surface area (Å²) in [5, 5.41) is 4.80. The SMILES string of the molecule is O=C(Nc1cccc(F)c1)C(=O)Nc1cccc(N2CCCC2=O)c1. The number of rotatable bonds is 3. The van der Waals surface area contributed by atoms with Gasteiger partial charge in [0.1, 0.15) is 5.82 Å². The molecule has 0 radical (unpaired) electrons. The third kappa shape index (κ3) is 4.00. The van der Waals surface area contributed by atoms with E-state index in [1.54, 1.807) is 29.2 Å². The molecule has 6 nitrogen and oxygen atoms in total. The maximum Gasteiger partial charge on any atom is 0.314 e. The first-order chi connectivity index (χ1) is 12.0. The van der Waals surface area contributed by atoms with Crippen LogP contribution in [0.5, 0.6) is 0 Å². The topological polar surface area (TPSA) is 78.5 Å². The van der Waals surface area contributed by atoms with E-state index in [0.29, 0.717) is 24.3 Å². The summed E-state index contributed by atoms with van der Waals surface area (Å²) < 4.78 is 13.1. The van der Waals surface area contributed by atoms with Crippen LogP contribution in [-0.2, 0) is 14.4 Å². The highest BCUT2D eigenvalue weighted by atomic mass is 19.1. The summed E-state index contributed by atoms with van der Waals surface area (Å²) in [6.07, 6.45) is 1.30. The first kappa shape index (κ1) is 16.6. The van der Waals surface area contributed by atoms with E-state index in [-0.39, 0.29) is 11.6 Å². The molecule has 0 unspecified atom stereocenters. The Balaban J connectivity index is 1.66. The predicted octanol–water partition coefficient (Wildman–Crippen LogP) is 2.53. The maximum atomic E-state index is 13.1. The van der Waals surface area contributed by atoms with Crippen LogP contribution in [0.2, 0.25) is 0 Å². The summed E-state index contributed by atoms with van der Waals surface area (Å²) >= 11 is 0. The lowest BCUT2D eigenvalue weighted by Gasteiger charge is -2.16. The molecule has 7 heteroatoms. The molecule has 0 saturated carbocycles. The number of hydrogen-bond donors (Lipinski definition) is 2. The highest BCUT2D eigenvalue weighted by Gasteiger charge is 2.22. The van der Waals surface area contributed by atoms with Crippen LogP contribution in [0, 0.1) is 5.82 Å². The molecule has 2 N–H and O–H groups in total. The van der Waals surface area contributed by atoms with Crippen molar-refractivity contribution in [3.63, 3.8) is 0 Å². The lowest BCUT2D eigenvalue weighted by Crippen LogP contribution is -2.29. The lowest BCUT2D eigenvalue weighted by molar-refractivity contribution is -0.133. The lowest BCUT2D eigenvalue weighted by atomic mass is 10.2. The van der Waals surface area contributed by atoms with Crippen LogP contribution >= 0.6 is 0 Å². The van der Waals surface area contributed by atoms with Gasteiger partial charge in [-0.1, -0.05) is 12.1 Å². The van der Waals surface area contributed by atoms with Gasteiger partial charge < -0.3 is 15.5 Å². The van der Waals surface area contributed by atoms with Crippen LogP contribution in [0.15, 0.2) is 48.5 Å². The summed E-state index contributed by atoms with van der Waals surface area (Å²) in [5.41, 5.74) is 1.26. The molecule has 0 spiro atoms. The van der Waals surface area contributed by atoms with E-state index in [2.05, 4.69) is 10.6 Å². The van der Waals surface area contributed by atoms with Gasteiger partial charge in [-0.15, -0.1) is 0 Å². The number of halogens is 1. The molecule has 128 valence electrons. The van der Waals surface area contributed by atoms with Gasteiger partial charge in [0.2, 0.25) is 5.91 Å². The van der Waals surface area contributed by atoms with E-state index >= 15 is 0 Å². The molecule has 2 aromatic carbocycles. The van der Waals surface area contributed by atoms with Crippen molar-refractivity contribution < 1.29 is 18.8 Å². The number of benzene rings is 2. The van der Waals surface area contributed by atoms with Gasteiger partial charge in [-0.25, -0.2) is 4.39 Å². The maximum absolute atomic E-state index is 13.1. The Labute approximate surface area is 143 Å². The molecule has 1 saturated heterocycles. The quantitative estimate of drug-likeness (QED) is 0.842. The Morgan fingerprint density at radius 3 is 2.20 bits per heavy atom. The van der Waals surface area contributed by atoms with Crippen molar-refractivity contribution in [2.24, 2.45) is 0 Å². The fraction of sp³-hybridized carbons (Fsp3) is 0.167. The van der Waals surface area contributed by atoms with Crippen molar-refractivity contribution in [1.82, 2.24) is 0 Å². The van der Waals surface area contributed by atoms with Gasteiger partial charge >= 0.3 is 11.8 Å². The summed E-state index contributed by atoms with van der Waals surface area (Å²) in [4.78, 5) is 37.3. The number of nitrogens with zero attached hydrogens (tertiary/aromatic N) is 1. The number of nitrogens with one attached hydrogen (secondary N) is 2. The first-order valence-electron chi connectivity index (χ1n) is 7.81. The minimum absolute atomic E-state index is 0.0346. The Morgan fingerprint density at radius 1 is 0.960 bits per heavy atom. The second-order valence-corrected chi connectivity index (χ2v) is 5.62. The average molecular weight is 341 g/mol. The van der Waals surface area contributed by atoms with Crippen LogP contribution < -0.4 is 15.5 Å². The summed E-state index contributed by atoms with van der Waals surface area (Å²) in [7, 11) is 0. The molecule has 2 aromatic rings. The van der Waals surface area contributed by atoms with E-state index in [1.807, 2.05) is 0 Å². The van der Waals surface area contributed by atoms with E-state index in [4.69, 9.17) is 0 Å². The molecule has 1 aliphatic rings. The Bertz CT molecular complexity index is 838. The minimum Gasteiger partial charge on any atom is -0.318 e. The summed E-state index contributed by atoms with van der Waals surface area (Å²) in [6.45, 7) is 0.635. The largest absolute Gasteiger partial charge is 0.318 e. The molecule has 1 aliphatic heterocycles. The van der Waals surface area contributed by atoms with Crippen LogP contribution in [0.1, 0.15) is 12.8 Å². The van der Waals surface area contributed by atoms with Gasteiger partial charge in [0.15, 0.2) is 0 Å². The number of carbonyl (C=O) groups excluding carboxylic acids is 3. The molecular weight excluding hydrogens is 325 g/mol. The second kappa shape index (κ2) is 7.12. The Morgan fingerprint density at radius 2 is 1.60 bits per heavy atom. The molecule has 3 rings (SSSR count). The molecule has 0 atom stereocenters. The molecule has 25 heavy (non-hydrogen) atoms. The predicted molar refractivity (Wildman–Crippen MR) is 91.7 cm³/mol. The van der Waals surface area contributed by atoms with E-state index in [1.165, 1.54) is 18.2 Å². The van der Waals surface area contributed by atoms with Crippen LogP contribution in [0.3, 0.4) is 0 Å². The smallest absolute Gasteiger partial charge is 0.314 e. The van der Waals surface area contributed by atoms with Crippen molar-refractivity contribution in [3.05, 3.63) is 54.3 Å². The van der Waals surface area contributed by atoms with Crippen molar-refractivity contribution in [2.45, 2.75) is 12.8 Å². The average Bonchev–Trinajstić information content (AvgIpc) is 3.01. The molecular formula is C18H16FN3O3. The molecule has 3 amide bonds. The zero-order valence-corrected chi connectivity index (χ0v) is 13.3. The van der Waals surface area contributed by atoms with Gasteiger partial charge in [0.05, 0.1) is 0 Å². The monoisotopic (exact) mass is 341 g/mol. The Hall–Kier alpha value is -3.22. The molecule has 0 aliphatic carbocycles. The van der Waals surface area contributed by atoms with E-state index in [9.17, 15) is 18.8 Å². The van der Waals surface area contributed by atoms with Gasteiger partial charge in [0.25, 0.3) is 0 Å². The highest BCUT2D eigenvalue weighted by molar-refractivity contribution is 6.43. The van der Waals surface area contributed by atoms with Gasteiger partial charge in [0, 0.05) is 30.0 Å². The first-order valence-corrected chi connectivity index (χ1v) is 7.81. The van der Waals surface area contributed by atoms with Crippen molar-refractivity contribution >= 4 is 34.8 Å². The van der Waals surface area contributed by atoms with Crippen LogP contribution in [0.4, 0.5) is 21.5 Å². The third-order valence-corrected chi connectivity index (χ3v) is 3.78.